The standard InChI is InChI=1S/C14H11BrClNO2/c1-8-4-9(15)6-11(5-8)17-14(19)12-7-10(16)2-3-13(12)18/h2-7,18H,1H3,(H,17,19). The first-order valence-corrected chi connectivity index (χ1v) is 6.70. The molecule has 0 aliphatic carbocycles. The van der Waals surface area contributed by atoms with Gasteiger partial charge in [0, 0.05) is 15.2 Å². The molecule has 2 aromatic carbocycles. The number of phenolic OH excluding ortho intramolecular Hbond substituents is 1. The van der Waals surface area contributed by atoms with Crippen molar-refractivity contribution in [2.45, 2.75) is 6.92 Å². The molecule has 2 N–H and O–H groups in total. The Kier molecular flexibility index (Phi) is 4.12. The number of aromatic hydroxyl groups is 1. The zero-order valence-corrected chi connectivity index (χ0v) is 12.4. The van der Waals surface area contributed by atoms with Gasteiger partial charge in [0.15, 0.2) is 0 Å². The number of hydrogen-bond acceptors (Lipinski definition) is 2. The number of carbonyl (C=O) groups is 1. The molecule has 0 saturated carbocycles. The highest BCUT2D eigenvalue weighted by Gasteiger charge is 2.12. The third-order valence-electron chi connectivity index (χ3n) is 2.50. The Morgan fingerprint density at radius 1 is 1.26 bits per heavy atom. The second kappa shape index (κ2) is 5.63. The summed E-state index contributed by atoms with van der Waals surface area (Å²) in [7, 11) is 0. The smallest absolute Gasteiger partial charge is 0.259 e. The summed E-state index contributed by atoms with van der Waals surface area (Å²) >= 11 is 9.18. The normalized spacial score (nSPS) is 10.3. The topological polar surface area (TPSA) is 49.3 Å². The molecule has 0 unspecified atom stereocenters. The maximum atomic E-state index is 12.1. The Labute approximate surface area is 124 Å². The first kappa shape index (κ1) is 13.9. The summed E-state index contributed by atoms with van der Waals surface area (Å²) in [6, 6.07) is 9.90. The van der Waals surface area contributed by atoms with E-state index in [0.29, 0.717) is 10.7 Å². The van der Waals surface area contributed by atoms with Crippen molar-refractivity contribution in [1.82, 2.24) is 0 Å². The molecule has 0 spiro atoms. The van der Waals surface area contributed by atoms with E-state index < -0.39 is 5.91 Å². The van der Waals surface area contributed by atoms with Crippen LogP contribution in [0.5, 0.6) is 5.75 Å². The Bertz CT molecular complexity index is 623. The molecule has 0 bridgehead atoms. The number of phenols is 1. The number of aryl methyl sites for hydroxylation is 1. The molecule has 0 aliphatic heterocycles. The average Bonchev–Trinajstić information content (AvgIpc) is 2.30. The van der Waals surface area contributed by atoms with Crippen molar-refractivity contribution < 1.29 is 9.90 Å². The lowest BCUT2D eigenvalue weighted by molar-refractivity contribution is 0.102. The van der Waals surface area contributed by atoms with Crippen LogP contribution in [0.25, 0.3) is 0 Å². The minimum absolute atomic E-state index is 0.103. The Balaban J connectivity index is 2.28. The minimum atomic E-state index is -0.405. The van der Waals surface area contributed by atoms with Gasteiger partial charge in [0.05, 0.1) is 5.56 Å². The molecule has 19 heavy (non-hydrogen) atoms. The second-order valence-corrected chi connectivity index (χ2v) is 5.48. The van der Waals surface area contributed by atoms with Crippen LogP contribution in [0.4, 0.5) is 5.69 Å². The van der Waals surface area contributed by atoms with Crippen molar-refractivity contribution in [2.24, 2.45) is 0 Å². The van der Waals surface area contributed by atoms with E-state index in [9.17, 15) is 9.90 Å². The predicted octanol–water partition coefficient (Wildman–Crippen LogP) is 4.37. The number of halogens is 2. The summed E-state index contributed by atoms with van der Waals surface area (Å²) in [5.74, 6) is -0.508. The quantitative estimate of drug-likeness (QED) is 0.853. The Hall–Kier alpha value is -1.52. The number of nitrogens with one attached hydrogen (secondary N) is 1. The lowest BCUT2D eigenvalue weighted by atomic mass is 10.1. The number of benzene rings is 2. The van der Waals surface area contributed by atoms with E-state index in [2.05, 4.69) is 21.2 Å². The largest absolute Gasteiger partial charge is 0.507 e. The summed E-state index contributed by atoms with van der Waals surface area (Å²) < 4.78 is 0.873. The fraction of sp³-hybridized carbons (Fsp3) is 0.0714. The summed E-state index contributed by atoms with van der Waals surface area (Å²) in [6.07, 6.45) is 0. The van der Waals surface area contributed by atoms with Crippen LogP contribution in [-0.4, -0.2) is 11.0 Å². The van der Waals surface area contributed by atoms with Crippen LogP contribution in [-0.2, 0) is 0 Å². The molecule has 0 radical (unpaired) electrons. The summed E-state index contributed by atoms with van der Waals surface area (Å²) in [5.41, 5.74) is 1.81. The van der Waals surface area contributed by atoms with Gasteiger partial charge < -0.3 is 10.4 Å². The van der Waals surface area contributed by atoms with Crippen molar-refractivity contribution >= 4 is 39.1 Å². The maximum absolute atomic E-state index is 12.1. The van der Waals surface area contributed by atoms with Gasteiger partial charge in [-0.3, -0.25) is 4.79 Å². The average molecular weight is 341 g/mol. The van der Waals surface area contributed by atoms with E-state index in [-0.39, 0.29) is 11.3 Å². The molecule has 5 heteroatoms. The van der Waals surface area contributed by atoms with Crippen molar-refractivity contribution in [3.63, 3.8) is 0 Å². The lowest BCUT2D eigenvalue weighted by Crippen LogP contribution is -2.12. The van der Waals surface area contributed by atoms with E-state index in [0.717, 1.165) is 10.0 Å². The van der Waals surface area contributed by atoms with E-state index in [1.165, 1.54) is 18.2 Å². The minimum Gasteiger partial charge on any atom is -0.507 e. The molecule has 0 atom stereocenters. The molecule has 2 rings (SSSR count). The molecule has 0 heterocycles. The number of carbonyl (C=O) groups excluding carboxylic acids is 1. The summed E-state index contributed by atoms with van der Waals surface area (Å²) in [5, 5.41) is 12.8. The number of anilines is 1. The van der Waals surface area contributed by atoms with E-state index >= 15 is 0 Å². The fourth-order valence-electron chi connectivity index (χ4n) is 1.70. The summed E-state index contributed by atoms with van der Waals surface area (Å²) in [6.45, 7) is 1.93. The fourth-order valence-corrected chi connectivity index (χ4v) is 2.48. The molecule has 98 valence electrons. The molecular formula is C14H11BrClNO2. The molecular weight excluding hydrogens is 330 g/mol. The molecule has 1 amide bonds. The van der Waals surface area contributed by atoms with Crippen LogP contribution in [0.3, 0.4) is 0 Å². The predicted molar refractivity (Wildman–Crippen MR) is 79.9 cm³/mol. The highest BCUT2D eigenvalue weighted by Crippen LogP contribution is 2.24. The van der Waals surface area contributed by atoms with Crippen molar-refractivity contribution in [3.8, 4) is 5.75 Å². The van der Waals surface area contributed by atoms with Crippen LogP contribution >= 0.6 is 27.5 Å². The van der Waals surface area contributed by atoms with E-state index in [1.807, 2.05) is 19.1 Å². The van der Waals surface area contributed by atoms with Gasteiger partial charge in [-0.2, -0.15) is 0 Å². The van der Waals surface area contributed by atoms with E-state index in [1.54, 1.807) is 6.07 Å². The van der Waals surface area contributed by atoms with Gasteiger partial charge in [-0.1, -0.05) is 27.5 Å². The molecule has 0 aliphatic rings. The van der Waals surface area contributed by atoms with Gasteiger partial charge >= 0.3 is 0 Å². The van der Waals surface area contributed by atoms with Crippen LogP contribution in [0.2, 0.25) is 5.02 Å². The first-order valence-electron chi connectivity index (χ1n) is 5.53. The van der Waals surface area contributed by atoms with Crippen LogP contribution in [0.1, 0.15) is 15.9 Å². The molecule has 2 aromatic rings. The van der Waals surface area contributed by atoms with Gasteiger partial charge in [-0.15, -0.1) is 0 Å². The third-order valence-corrected chi connectivity index (χ3v) is 3.20. The van der Waals surface area contributed by atoms with Gasteiger partial charge in [0.25, 0.3) is 5.91 Å². The van der Waals surface area contributed by atoms with Crippen molar-refractivity contribution in [1.29, 1.82) is 0 Å². The van der Waals surface area contributed by atoms with Crippen LogP contribution in [0.15, 0.2) is 40.9 Å². The lowest BCUT2D eigenvalue weighted by Gasteiger charge is -2.08. The number of rotatable bonds is 2. The number of amides is 1. The summed E-state index contributed by atoms with van der Waals surface area (Å²) in [4.78, 5) is 12.1. The highest BCUT2D eigenvalue weighted by molar-refractivity contribution is 9.10. The van der Waals surface area contributed by atoms with Crippen molar-refractivity contribution in [2.75, 3.05) is 5.32 Å². The Morgan fingerprint density at radius 2 is 2.00 bits per heavy atom. The zero-order valence-electron chi connectivity index (χ0n) is 10.1. The highest BCUT2D eigenvalue weighted by atomic mass is 79.9. The maximum Gasteiger partial charge on any atom is 0.259 e. The van der Waals surface area contributed by atoms with Crippen molar-refractivity contribution in [3.05, 3.63) is 57.0 Å². The number of hydrogen-bond donors (Lipinski definition) is 2. The molecule has 0 fully saturated rings. The Morgan fingerprint density at radius 3 is 2.68 bits per heavy atom. The SMILES string of the molecule is Cc1cc(Br)cc(NC(=O)c2cc(Cl)ccc2O)c1. The zero-order chi connectivity index (χ0) is 14.0. The van der Waals surface area contributed by atoms with E-state index in [4.69, 9.17) is 11.6 Å². The van der Waals surface area contributed by atoms with Gasteiger partial charge in [0.1, 0.15) is 5.75 Å². The van der Waals surface area contributed by atoms with Crippen LogP contribution < -0.4 is 5.32 Å². The molecule has 3 nitrogen and oxygen atoms in total. The van der Waals surface area contributed by atoms with Gasteiger partial charge in [-0.05, 0) is 48.9 Å². The molecule has 0 aromatic heterocycles. The first-order chi connectivity index (χ1) is 8.95. The molecule has 0 saturated heterocycles. The van der Waals surface area contributed by atoms with Gasteiger partial charge in [-0.25, -0.2) is 0 Å². The second-order valence-electron chi connectivity index (χ2n) is 4.13. The van der Waals surface area contributed by atoms with Crippen LogP contribution in [0, 0.1) is 6.92 Å². The van der Waals surface area contributed by atoms with Gasteiger partial charge in [0.2, 0.25) is 0 Å². The monoisotopic (exact) mass is 339 g/mol. The third kappa shape index (κ3) is 3.49.